The number of likely N-dealkylation sites (tertiary alicyclic amines) is 1. The molecule has 1 atom stereocenters. The first-order valence-corrected chi connectivity index (χ1v) is 11.3. The lowest BCUT2D eigenvalue weighted by atomic mass is 9.86. The molecule has 3 nitrogen and oxygen atoms in total. The molecule has 2 N–H and O–H groups in total. The summed E-state index contributed by atoms with van der Waals surface area (Å²) >= 11 is 1.79. The molecule has 7 heteroatoms. The van der Waals surface area contributed by atoms with Crippen molar-refractivity contribution in [3.05, 3.63) is 35.1 Å². The summed E-state index contributed by atoms with van der Waals surface area (Å²) in [4.78, 5) is 14.4. The molecule has 2 fully saturated rings. The first-order chi connectivity index (χ1) is 13.4. The Morgan fingerprint density at radius 2 is 1.68 bits per heavy atom. The topological polar surface area (TPSA) is 46.3 Å². The van der Waals surface area contributed by atoms with Gasteiger partial charge in [-0.25, -0.2) is 13.2 Å². The molecule has 1 saturated carbocycles. The normalized spacial score (nSPS) is 20.4. The van der Waals surface area contributed by atoms with Gasteiger partial charge < -0.3 is 10.6 Å². The maximum absolute atomic E-state index is 13.8. The molecule has 156 valence electrons. The van der Waals surface area contributed by atoms with Crippen molar-refractivity contribution in [2.75, 3.05) is 18.8 Å². The van der Waals surface area contributed by atoms with Crippen molar-refractivity contribution in [1.29, 1.82) is 0 Å². The Hall–Kier alpha value is -1.21. The zero-order valence-corrected chi connectivity index (χ0v) is 17.0. The largest absolute Gasteiger partial charge is 0.342 e. The van der Waals surface area contributed by atoms with Crippen LogP contribution in [0.3, 0.4) is 0 Å². The summed E-state index contributed by atoms with van der Waals surface area (Å²) in [5.74, 6) is -2.13. The number of halogens is 3. The van der Waals surface area contributed by atoms with Crippen LogP contribution in [0.4, 0.5) is 13.2 Å². The fraction of sp³-hybridized carbons (Fsp3) is 0.667. The van der Waals surface area contributed by atoms with Gasteiger partial charge in [0, 0.05) is 30.4 Å². The van der Waals surface area contributed by atoms with Gasteiger partial charge in [-0.3, -0.25) is 4.79 Å². The molecular formula is C21H29F3N2OS. The second kappa shape index (κ2) is 10.0. The fourth-order valence-corrected chi connectivity index (χ4v) is 5.46. The highest BCUT2D eigenvalue weighted by atomic mass is 32.2. The zero-order chi connectivity index (χ0) is 20.1. The molecule has 3 rings (SSSR count). The zero-order valence-electron chi connectivity index (χ0n) is 16.1. The number of carbonyl (C=O) groups excluding carboxylic acids is 1. The van der Waals surface area contributed by atoms with Crippen LogP contribution in [0.25, 0.3) is 0 Å². The highest BCUT2D eigenvalue weighted by Gasteiger charge is 2.28. The Labute approximate surface area is 169 Å². The second-order valence-electron chi connectivity index (χ2n) is 8.01. The standard InChI is InChI=1S/C21H29F3N2OS/c22-17-12-19(24)18(23)10-15(17)11-20(25)14-6-8-26(9-7-14)21(27)13-28-16-4-2-1-3-5-16/h10,12,14,16,20H,1-9,11,13,25H2/t20-/m1/s1. The van der Waals surface area contributed by atoms with Crippen LogP contribution in [0.5, 0.6) is 0 Å². The third-order valence-electron chi connectivity index (χ3n) is 6.04. The third-order valence-corrected chi connectivity index (χ3v) is 7.39. The molecule has 1 heterocycles. The molecule has 0 bridgehead atoms. The van der Waals surface area contributed by atoms with E-state index in [9.17, 15) is 18.0 Å². The number of thioether (sulfide) groups is 1. The summed E-state index contributed by atoms with van der Waals surface area (Å²) in [5, 5.41) is 0.620. The number of hydrogen-bond donors (Lipinski definition) is 1. The maximum Gasteiger partial charge on any atom is 0.232 e. The summed E-state index contributed by atoms with van der Waals surface area (Å²) in [6.45, 7) is 1.31. The van der Waals surface area contributed by atoms with E-state index in [1.807, 2.05) is 4.90 Å². The number of nitrogens with two attached hydrogens (primary N) is 1. The van der Waals surface area contributed by atoms with Crippen molar-refractivity contribution in [3.63, 3.8) is 0 Å². The average Bonchev–Trinajstić information content (AvgIpc) is 2.71. The highest BCUT2D eigenvalue weighted by molar-refractivity contribution is 8.00. The van der Waals surface area contributed by atoms with Gasteiger partial charge in [0.15, 0.2) is 11.6 Å². The molecule has 2 aliphatic rings. The summed E-state index contributed by atoms with van der Waals surface area (Å²) in [7, 11) is 0. The lowest BCUT2D eigenvalue weighted by Gasteiger charge is -2.35. The van der Waals surface area contributed by atoms with Gasteiger partial charge in [0.2, 0.25) is 5.91 Å². The average molecular weight is 415 g/mol. The lowest BCUT2D eigenvalue weighted by molar-refractivity contribution is -0.129. The lowest BCUT2D eigenvalue weighted by Crippen LogP contribution is -2.44. The molecule has 1 aliphatic carbocycles. The molecule has 0 aromatic heterocycles. The van der Waals surface area contributed by atoms with E-state index in [1.165, 1.54) is 32.1 Å². The van der Waals surface area contributed by atoms with E-state index in [4.69, 9.17) is 5.73 Å². The third kappa shape index (κ3) is 5.66. The summed E-state index contributed by atoms with van der Waals surface area (Å²) < 4.78 is 40.3. The number of nitrogens with zero attached hydrogens (tertiary/aromatic N) is 1. The van der Waals surface area contributed by atoms with Gasteiger partial charge in [-0.2, -0.15) is 0 Å². The Bertz CT molecular complexity index is 674. The quantitative estimate of drug-likeness (QED) is 0.707. The van der Waals surface area contributed by atoms with Crippen LogP contribution < -0.4 is 5.73 Å². The number of hydrogen-bond acceptors (Lipinski definition) is 3. The molecule has 1 saturated heterocycles. The second-order valence-corrected chi connectivity index (χ2v) is 9.30. The van der Waals surface area contributed by atoms with E-state index < -0.39 is 17.5 Å². The number of benzene rings is 1. The van der Waals surface area contributed by atoms with Crippen LogP contribution in [0.15, 0.2) is 12.1 Å². The molecule has 0 spiro atoms. The predicted octanol–water partition coefficient (Wildman–Crippen LogP) is 4.28. The predicted molar refractivity (Wildman–Crippen MR) is 107 cm³/mol. The van der Waals surface area contributed by atoms with Gasteiger partial charge in [-0.1, -0.05) is 19.3 Å². The molecule has 1 aliphatic heterocycles. The number of carbonyl (C=O) groups is 1. The van der Waals surface area contributed by atoms with Gasteiger partial charge in [0.1, 0.15) is 5.82 Å². The van der Waals surface area contributed by atoms with Crippen LogP contribution in [0.1, 0.15) is 50.5 Å². The Balaban J connectivity index is 1.44. The van der Waals surface area contributed by atoms with Crippen molar-refractivity contribution < 1.29 is 18.0 Å². The Kier molecular flexibility index (Phi) is 7.69. The highest BCUT2D eigenvalue weighted by Crippen LogP contribution is 2.29. The minimum Gasteiger partial charge on any atom is -0.342 e. The smallest absolute Gasteiger partial charge is 0.232 e. The van der Waals surface area contributed by atoms with E-state index in [0.29, 0.717) is 30.2 Å². The van der Waals surface area contributed by atoms with Crippen molar-refractivity contribution in [3.8, 4) is 0 Å². The van der Waals surface area contributed by atoms with E-state index in [0.717, 1.165) is 18.9 Å². The molecule has 1 aromatic rings. The molecule has 28 heavy (non-hydrogen) atoms. The van der Waals surface area contributed by atoms with Crippen LogP contribution in [0.2, 0.25) is 0 Å². The fourth-order valence-electron chi connectivity index (χ4n) is 4.23. The van der Waals surface area contributed by atoms with Crippen molar-refractivity contribution in [2.24, 2.45) is 11.7 Å². The number of piperidine rings is 1. The van der Waals surface area contributed by atoms with Crippen molar-refractivity contribution in [2.45, 2.75) is 62.7 Å². The Morgan fingerprint density at radius 1 is 1.04 bits per heavy atom. The molecule has 1 amide bonds. The molecule has 0 radical (unpaired) electrons. The monoisotopic (exact) mass is 414 g/mol. The van der Waals surface area contributed by atoms with Gasteiger partial charge in [0.25, 0.3) is 0 Å². The summed E-state index contributed by atoms with van der Waals surface area (Å²) in [6, 6.07) is 1.13. The van der Waals surface area contributed by atoms with E-state index >= 15 is 0 Å². The van der Waals surface area contributed by atoms with Gasteiger partial charge in [-0.05, 0) is 49.7 Å². The summed E-state index contributed by atoms with van der Waals surface area (Å²) in [5.41, 5.74) is 6.33. The van der Waals surface area contributed by atoms with Crippen molar-refractivity contribution in [1.82, 2.24) is 4.90 Å². The van der Waals surface area contributed by atoms with E-state index in [2.05, 4.69) is 0 Å². The van der Waals surface area contributed by atoms with E-state index in [1.54, 1.807) is 11.8 Å². The maximum atomic E-state index is 13.8. The molecular weight excluding hydrogens is 385 g/mol. The number of amides is 1. The summed E-state index contributed by atoms with van der Waals surface area (Å²) in [6.07, 6.45) is 7.97. The van der Waals surface area contributed by atoms with Gasteiger partial charge in [0.05, 0.1) is 5.75 Å². The first kappa shape index (κ1) is 21.5. The minimum absolute atomic E-state index is 0.105. The Morgan fingerprint density at radius 3 is 2.36 bits per heavy atom. The molecule has 1 aromatic carbocycles. The van der Waals surface area contributed by atoms with Crippen molar-refractivity contribution >= 4 is 17.7 Å². The molecule has 0 unspecified atom stereocenters. The number of rotatable bonds is 6. The van der Waals surface area contributed by atoms with Gasteiger partial charge >= 0.3 is 0 Å². The van der Waals surface area contributed by atoms with Crippen LogP contribution >= 0.6 is 11.8 Å². The van der Waals surface area contributed by atoms with Crippen LogP contribution in [0, 0.1) is 23.4 Å². The minimum atomic E-state index is -1.19. The van der Waals surface area contributed by atoms with Crippen LogP contribution in [-0.4, -0.2) is 40.9 Å². The SMILES string of the molecule is N[C@H](Cc1cc(F)c(F)cc1F)C1CCN(C(=O)CSC2CCCCC2)CC1. The van der Waals surface area contributed by atoms with Crippen LogP contribution in [-0.2, 0) is 11.2 Å². The first-order valence-electron chi connectivity index (χ1n) is 10.2. The van der Waals surface area contributed by atoms with E-state index in [-0.39, 0.29) is 29.9 Å². The van der Waals surface area contributed by atoms with Gasteiger partial charge in [-0.15, -0.1) is 11.8 Å².